The van der Waals surface area contributed by atoms with Gasteiger partial charge in [0.05, 0.1) is 6.42 Å². The van der Waals surface area contributed by atoms with Crippen molar-refractivity contribution >= 4 is 0 Å². The maximum Gasteiger partial charge on any atom is 0.390 e. The van der Waals surface area contributed by atoms with Crippen molar-refractivity contribution in [2.45, 2.75) is 57.8 Å². The molecule has 0 aliphatic heterocycles. The molecule has 0 radical (unpaired) electrons. The molecule has 0 saturated heterocycles. The lowest BCUT2D eigenvalue weighted by atomic mass is 9.78. The van der Waals surface area contributed by atoms with Gasteiger partial charge in [-0.1, -0.05) is 44.2 Å². The molecule has 1 aromatic carbocycles. The van der Waals surface area contributed by atoms with Gasteiger partial charge in [0.2, 0.25) is 0 Å². The maximum atomic E-state index is 12.8. The van der Waals surface area contributed by atoms with E-state index < -0.39 is 18.6 Å². The van der Waals surface area contributed by atoms with E-state index in [1.807, 2.05) is 6.07 Å². The zero-order valence-electron chi connectivity index (χ0n) is 12.7. The standard InChI is InChI=1S/C17H24F3N/c1-12-8-9-15(10-13(12)2)21-16(11-17(18,19)20)14-6-4-3-5-7-14/h3-7,12-13,15-16,21H,8-11H2,1-2H3. The van der Waals surface area contributed by atoms with E-state index in [0.29, 0.717) is 11.8 Å². The molecule has 1 aromatic rings. The highest BCUT2D eigenvalue weighted by Gasteiger charge is 2.34. The van der Waals surface area contributed by atoms with Gasteiger partial charge in [-0.15, -0.1) is 0 Å². The Hall–Kier alpha value is -1.03. The molecule has 118 valence electrons. The summed E-state index contributed by atoms with van der Waals surface area (Å²) < 4.78 is 38.5. The average Bonchev–Trinajstić information content (AvgIpc) is 2.42. The van der Waals surface area contributed by atoms with E-state index in [1.54, 1.807) is 24.3 Å². The molecule has 0 aromatic heterocycles. The first-order valence-corrected chi connectivity index (χ1v) is 7.73. The SMILES string of the molecule is CC1CCC(NC(CC(F)(F)F)c2ccccc2)CC1C. The predicted molar refractivity (Wildman–Crippen MR) is 79.0 cm³/mol. The van der Waals surface area contributed by atoms with Gasteiger partial charge in [0.1, 0.15) is 0 Å². The van der Waals surface area contributed by atoms with Crippen LogP contribution in [0.3, 0.4) is 0 Å². The second kappa shape index (κ2) is 6.82. The summed E-state index contributed by atoms with van der Waals surface area (Å²) in [5.41, 5.74) is 0.723. The van der Waals surface area contributed by atoms with Crippen LogP contribution in [-0.4, -0.2) is 12.2 Å². The normalized spacial score (nSPS) is 28.3. The smallest absolute Gasteiger partial charge is 0.307 e. The van der Waals surface area contributed by atoms with Crippen LogP contribution in [-0.2, 0) is 0 Å². The summed E-state index contributed by atoms with van der Waals surface area (Å²) in [6, 6.07) is 8.52. The molecule has 21 heavy (non-hydrogen) atoms. The van der Waals surface area contributed by atoms with Crippen LogP contribution in [0, 0.1) is 11.8 Å². The van der Waals surface area contributed by atoms with Gasteiger partial charge in [-0.25, -0.2) is 0 Å². The van der Waals surface area contributed by atoms with Crippen molar-refractivity contribution in [3.05, 3.63) is 35.9 Å². The third-order valence-electron chi connectivity index (χ3n) is 4.67. The van der Waals surface area contributed by atoms with Gasteiger partial charge in [-0.2, -0.15) is 13.2 Å². The molecule has 2 rings (SSSR count). The lowest BCUT2D eigenvalue weighted by Crippen LogP contribution is -2.39. The van der Waals surface area contributed by atoms with Gasteiger partial charge in [0.15, 0.2) is 0 Å². The van der Waals surface area contributed by atoms with E-state index in [1.165, 1.54) is 0 Å². The Morgan fingerprint density at radius 1 is 1.10 bits per heavy atom. The number of nitrogens with one attached hydrogen (secondary N) is 1. The number of halogens is 3. The fraction of sp³-hybridized carbons (Fsp3) is 0.647. The molecule has 4 atom stereocenters. The van der Waals surface area contributed by atoms with Gasteiger partial charge < -0.3 is 5.32 Å². The first-order valence-electron chi connectivity index (χ1n) is 7.73. The van der Waals surface area contributed by atoms with Crippen LogP contribution in [0.5, 0.6) is 0 Å². The first kappa shape index (κ1) is 16.3. The topological polar surface area (TPSA) is 12.0 Å². The lowest BCUT2D eigenvalue weighted by molar-refractivity contribution is -0.141. The minimum Gasteiger partial charge on any atom is -0.307 e. The van der Waals surface area contributed by atoms with Crippen LogP contribution in [0.1, 0.15) is 51.1 Å². The summed E-state index contributed by atoms with van der Waals surface area (Å²) in [6.07, 6.45) is -1.94. The van der Waals surface area contributed by atoms with Crippen LogP contribution in [0.25, 0.3) is 0 Å². The fourth-order valence-electron chi connectivity index (χ4n) is 3.17. The summed E-state index contributed by atoms with van der Waals surface area (Å²) >= 11 is 0. The maximum absolute atomic E-state index is 12.8. The molecule has 4 unspecified atom stereocenters. The molecular weight excluding hydrogens is 275 g/mol. The van der Waals surface area contributed by atoms with Crippen molar-refractivity contribution < 1.29 is 13.2 Å². The van der Waals surface area contributed by atoms with Gasteiger partial charge in [0.25, 0.3) is 0 Å². The van der Waals surface area contributed by atoms with Crippen LogP contribution >= 0.6 is 0 Å². The van der Waals surface area contributed by atoms with Crippen LogP contribution in [0.4, 0.5) is 13.2 Å². The Labute approximate surface area is 124 Å². The summed E-state index contributed by atoms with van der Waals surface area (Å²) in [4.78, 5) is 0. The molecule has 1 saturated carbocycles. The number of alkyl halides is 3. The molecular formula is C17H24F3N. The molecule has 0 amide bonds. The van der Waals surface area contributed by atoms with Gasteiger partial charge in [-0.3, -0.25) is 0 Å². The van der Waals surface area contributed by atoms with E-state index in [9.17, 15) is 13.2 Å². The Bertz CT molecular complexity index is 429. The zero-order valence-corrected chi connectivity index (χ0v) is 12.7. The number of hydrogen-bond acceptors (Lipinski definition) is 1. The van der Waals surface area contributed by atoms with Gasteiger partial charge >= 0.3 is 6.18 Å². The van der Waals surface area contributed by atoms with Crippen molar-refractivity contribution in [2.24, 2.45) is 11.8 Å². The molecule has 0 bridgehead atoms. The summed E-state index contributed by atoms with van der Waals surface area (Å²) in [5.74, 6) is 1.24. The summed E-state index contributed by atoms with van der Waals surface area (Å²) in [7, 11) is 0. The molecule has 0 heterocycles. The highest BCUT2D eigenvalue weighted by atomic mass is 19.4. The fourth-order valence-corrected chi connectivity index (χ4v) is 3.17. The first-order chi connectivity index (χ1) is 9.85. The van der Waals surface area contributed by atoms with Crippen molar-refractivity contribution in [3.63, 3.8) is 0 Å². The van der Waals surface area contributed by atoms with E-state index >= 15 is 0 Å². The van der Waals surface area contributed by atoms with E-state index in [2.05, 4.69) is 19.2 Å². The average molecular weight is 299 g/mol. The van der Waals surface area contributed by atoms with Crippen molar-refractivity contribution in [2.75, 3.05) is 0 Å². The van der Waals surface area contributed by atoms with E-state index in [4.69, 9.17) is 0 Å². The minimum absolute atomic E-state index is 0.184. The second-order valence-electron chi connectivity index (χ2n) is 6.41. The van der Waals surface area contributed by atoms with Gasteiger partial charge in [-0.05, 0) is 36.7 Å². The molecule has 1 aliphatic carbocycles. The number of hydrogen-bond donors (Lipinski definition) is 1. The number of rotatable bonds is 4. The molecule has 4 heteroatoms. The van der Waals surface area contributed by atoms with Crippen molar-refractivity contribution in [1.82, 2.24) is 5.32 Å². The lowest BCUT2D eigenvalue weighted by Gasteiger charge is -2.35. The van der Waals surface area contributed by atoms with Crippen LogP contribution in [0.15, 0.2) is 30.3 Å². The zero-order chi connectivity index (χ0) is 15.5. The third-order valence-corrected chi connectivity index (χ3v) is 4.67. The largest absolute Gasteiger partial charge is 0.390 e. The third kappa shape index (κ3) is 5.03. The Morgan fingerprint density at radius 3 is 2.33 bits per heavy atom. The molecule has 1 fully saturated rings. The van der Waals surface area contributed by atoms with Crippen molar-refractivity contribution in [1.29, 1.82) is 0 Å². The second-order valence-corrected chi connectivity index (χ2v) is 6.41. The van der Waals surface area contributed by atoms with Crippen molar-refractivity contribution in [3.8, 4) is 0 Å². The van der Waals surface area contributed by atoms with E-state index in [0.717, 1.165) is 24.8 Å². The molecule has 1 nitrogen and oxygen atoms in total. The summed E-state index contributed by atoms with van der Waals surface area (Å²) in [6.45, 7) is 4.42. The quantitative estimate of drug-likeness (QED) is 0.816. The Kier molecular flexibility index (Phi) is 5.31. The highest BCUT2D eigenvalue weighted by Crippen LogP contribution is 2.34. The minimum atomic E-state index is -4.15. The monoisotopic (exact) mass is 299 g/mol. The number of benzene rings is 1. The Morgan fingerprint density at radius 2 is 1.76 bits per heavy atom. The molecule has 1 aliphatic rings. The Balaban J connectivity index is 2.06. The van der Waals surface area contributed by atoms with E-state index in [-0.39, 0.29) is 6.04 Å². The predicted octanol–water partition coefficient (Wildman–Crippen LogP) is 5.09. The molecule has 0 spiro atoms. The highest BCUT2D eigenvalue weighted by molar-refractivity contribution is 5.19. The van der Waals surface area contributed by atoms with Gasteiger partial charge in [0, 0.05) is 12.1 Å². The van der Waals surface area contributed by atoms with Crippen LogP contribution < -0.4 is 5.32 Å². The summed E-state index contributed by atoms with van der Waals surface area (Å²) in [5, 5.41) is 3.26. The molecule has 1 N–H and O–H groups in total. The van der Waals surface area contributed by atoms with Crippen LogP contribution in [0.2, 0.25) is 0 Å².